The molecule has 0 radical (unpaired) electrons. The minimum atomic E-state index is -0.0208. The molecular weight excluding hydrogens is 204 g/mol. The molecule has 0 aromatic heterocycles. The molecular formula is C9H14O2S2. The van der Waals surface area contributed by atoms with Crippen LogP contribution in [0.1, 0.15) is 20.3 Å². The Morgan fingerprint density at radius 3 is 2.62 bits per heavy atom. The first-order valence-electron chi connectivity index (χ1n) is 4.61. The third-order valence-electron chi connectivity index (χ3n) is 2.88. The number of ether oxygens (including phenoxy) is 1. The van der Waals surface area contributed by atoms with Crippen LogP contribution in [-0.4, -0.2) is 27.7 Å². The van der Waals surface area contributed by atoms with Crippen LogP contribution in [0.25, 0.3) is 0 Å². The molecule has 0 unspecified atom stereocenters. The molecule has 2 heterocycles. The van der Waals surface area contributed by atoms with Gasteiger partial charge < -0.3 is 4.74 Å². The Hall–Kier alpha value is 0.170. The van der Waals surface area contributed by atoms with Gasteiger partial charge in [0.05, 0.1) is 10.5 Å². The van der Waals surface area contributed by atoms with E-state index in [1.807, 2.05) is 30.4 Å². The van der Waals surface area contributed by atoms with Crippen molar-refractivity contribution in [3.8, 4) is 0 Å². The third kappa shape index (κ3) is 1.59. The average molecular weight is 218 g/mol. The summed E-state index contributed by atoms with van der Waals surface area (Å²) in [6.45, 7) is 4.20. The van der Waals surface area contributed by atoms with Crippen LogP contribution in [0, 0.1) is 5.92 Å². The zero-order valence-corrected chi connectivity index (χ0v) is 9.54. The first-order chi connectivity index (χ1) is 6.14. The summed E-state index contributed by atoms with van der Waals surface area (Å²) in [5, 5.41) is 0. The van der Waals surface area contributed by atoms with Crippen LogP contribution in [0.2, 0.25) is 0 Å². The average Bonchev–Trinajstić information content (AvgIpc) is 2.50. The van der Waals surface area contributed by atoms with E-state index in [4.69, 9.17) is 4.74 Å². The molecule has 0 aromatic carbocycles. The number of carbonyl (C=O) groups excluding carboxylic acids is 1. The Labute approximate surface area is 87.2 Å². The Morgan fingerprint density at radius 1 is 1.38 bits per heavy atom. The van der Waals surface area contributed by atoms with Crippen molar-refractivity contribution in [2.45, 2.75) is 30.5 Å². The molecule has 4 heteroatoms. The minimum Gasteiger partial charge on any atom is -0.462 e. The molecule has 0 amide bonds. The summed E-state index contributed by atoms with van der Waals surface area (Å²) in [6.07, 6.45) is 0.674. The third-order valence-corrected chi connectivity index (χ3v) is 6.67. The maximum atomic E-state index is 11.3. The number of thioether (sulfide) groups is 2. The van der Waals surface area contributed by atoms with Gasteiger partial charge in [-0.25, -0.2) is 0 Å². The molecule has 2 atom stereocenters. The highest BCUT2D eigenvalue weighted by Gasteiger charge is 2.49. The van der Waals surface area contributed by atoms with Gasteiger partial charge in [-0.3, -0.25) is 4.79 Å². The maximum Gasteiger partial charge on any atom is 0.308 e. The highest BCUT2D eigenvalue weighted by molar-refractivity contribution is 8.21. The summed E-state index contributed by atoms with van der Waals surface area (Å²) in [6, 6.07) is 0. The van der Waals surface area contributed by atoms with E-state index in [0.717, 1.165) is 0 Å². The Kier molecular flexibility index (Phi) is 2.53. The van der Waals surface area contributed by atoms with Gasteiger partial charge in [0.1, 0.15) is 6.10 Å². The van der Waals surface area contributed by atoms with Crippen molar-refractivity contribution in [2.24, 2.45) is 5.92 Å². The minimum absolute atomic E-state index is 0.0208. The Bertz CT molecular complexity index is 224. The molecule has 2 aliphatic rings. The van der Waals surface area contributed by atoms with E-state index in [2.05, 4.69) is 6.92 Å². The van der Waals surface area contributed by atoms with Crippen molar-refractivity contribution < 1.29 is 9.53 Å². The van der Waals surface area contributed by atoms with E-state index in [0.29, 0.717) is 12.3 Å². The van der Waals surface area contributed by atoms with Gasteiger partial charge in [0, 0.05) is 17.4 Å². The summed E-state index contributed by atoms with van der Waals surface area (Å²) in [5.74, 6) is 2.81. The molecule has 2 fully saturated rings. The van der Waals surface area contributed by atoms with Gasteiger partial charge in [0.2, 0.25) is 0 Å². The second-order valence-corrected chi connectivity index (χ2v) is 6.78. The van der Waals surface area contributed by atoms with E-state index >= 15 is 0 Å². The van der Waals surface area contributed by atoms with E-state index in [1.165, 1.54) is 11.5 Å². The Balaban J connectivity index is 2.20. The topological polar surface area (TPSA) is 26.3 Å². The number of hydrogen-bond acceptors (Lipinski definition) is 4. The van der Waals surface area contributed by atoms with Gasteiger partial charge in [0.25, 0.3) is 0 Å². The lowest BCUT2D eigenvalue weighted by Gasteiger charge is -2.40. The molecule has 0 aliphatic carbocycles. The maximum absolute atomic E-state index is 11.3. The summed E-state index contributed by atoms with van der Waals surface area (Å²) in [4.78, 5) is 11.3. The molecule has 2 saturated heterocycles. The van der Waals surface area contributed by atoms with Gasteiger partial charge in [-0.05, 0) is 6.92 Å². The lowest BCUT2D eigenvalue weighted by atomic mass is 9.96. The fourth-order valence-electron chi connectivity index (χ4n) is 1.91. The number of esters is 1. The normalized spacial score (nSPS) is 37.8. The van der Waals surface area contributed by atoms with Crippen LogP contribution < -0.4 is 0 Å². The van der Waals surface area contributed by atoms with Crippen molar-refractivity contribution in [1.29, 1.82) is 0 Å². The fraction of sp³-hybridized carbons (Fsp3) is 0.889. The summed E-state index contributed by atoms with van der Waals surface area (Å²) in [5.41, 5.74) is 0. The molecule has 74 valence electrons. The second-order valence-electron chi connectivity index (χ2n) is 3.67. The standard InChI is InChI=1S/C9H14O2S2/c1-6-7(2)11-8(10)5-9(6)12-3-4-13-9/h6-7H,3-5H2,1-2H3/t6-,7+/m0/s1. The predicted octanol–water partition coefficient (Wildman–Crippen LogP) is 2.13. The van der Waals surface area contributed by atoms with Crippen LogP contribution in [0.3, 0.4) is 0 Å². The molecule has 0 aromatic rings. The number of rotatable bonds is 0. The van der Waals surface area contributed by atoms with Crippen LogP contribution in [0.4, 0.5) is 0 Å². The molecule has 0 bridgehead atoms. The molecule has 1 spiro atoms. The first-order valence-corrected chi connectivity index (χ1v) is 6.58. The van der Waals surface area contributed by atoms with Gasteiger partial charge in [0.15, 0.2) is 0 Å². The molecule has 0 saturated carbocycles. The van der Waals surface area contributed by atoms with Crippen LogP contribution in [0.5, 0.6) is 0 Å². The van der Waals surface area contributed by atoms with Gasteiger partial charge >= 0.3 is 5.97 Å². The fourth-order valence-corrected chi connectivity index (χ4v) is 5.45. The number of cyclic esters (lactones) is 1. The van der Waals surface area contributed by atoms with E-state index < -0.39 is 0 Å². The summed E-state index contributed by atoms with van der Waals surface area (Å²) < 4.78 is 5.35. The Morgan fingerprint density at radius 2 is 2.00 bits per heavy atom. The molecule has 0 N–H and O–H groups in total. The summed E-state index contributed by atoms with van der Waals surface area (Å²) in [7, 11) is 0. The zero-order valence-electron chi connectivity index (χ0n) is 7.91. The lowest BCUT2D eigenvalue weighted by Crippen LogP contribution is -2.44. The monoisotopic (exact) mass is 218 g/mol. The van der Waals surface area contributed by atoms with Crippen LogP contribution in [0.15, 0.2) is 0 Å². The van der Waals surface area contributed by atoms with Crippen molar-refractivity contribution >= 4 is 29.5 Å². The molecule has 2 nitrogen and oxygen atoms in total. The largest absolute Gasteiger partial charge is 0.462 e. The predicted molar refractivity (Wildman–Crippen MR) is 57.0 cm³/mol. The van der Waals surface area contributed by atoms with Crippen molar-refractivity contribution in [3.05, 3.63) is 0 Å². The van der Waals surface area contributed by atoms with Crippen LogP contribution >= 0.6 is 23.5 Å². The lowest BCUT2D eigenvalue weighted by molar-refractivity contribution is -0.156. The highest BCUT2D eigenvalue weighted by atomic mass is 32.2. The van der Waals surface area contributed by atoms with Crippen molar-refractivity contribution in [3.63, 3.8) is 0 Å². The van der Waals surface area contributed by atoms with Gasteiger partial charge in [-0.2, -0.15) is 0 Å². The highest BCUT2D eigenvalue weighted by Crippen LogP contribution is 2.54. The smallest absolute Gasteiger partial charge is 0.308 e. The van der Waals surface area contributed by atoms with Gasteiger partial charge in [-0.15, -0.1) is 23.5 Å². The molecule has 13 heavy (non-hydrogen) atoms. The van der Waals surface area contributed by atoms with Crippen molar-refractivity contribution in [1.82, 2.24) is 0 Å². The van der Waals surface area contributed by atoms with Crippen molar-refractivity contribution in [2.75, 3.05) is 11.5 Å². The SMILES string of the molecule is C[C@H]1OC(=O)CC2(SCCS2)[C@H]1C. The van der Waals surface area contributed by atoms with E-state index in [9.17, 15) is 4.79 Å². The van der Waals surface area contributed by atoms with Gasteiger partial charge in [-0.1, -0.05) is 6.92 Å². The quantitative estimate of drug-likeness (QED) is 0.582. The second kappa shape index (κ2) is 3.39. The number of hydrogen-bond donors (Lipinski definition) is 0. The molecule has 2 aliphatic heterocycles. The molecule has 2 rings (SSSR count). The first kappa shape index (κ1) is 9.71. The van der Waals surface area contributed by atoms with Crippen LogP contribution in [-0.2, 0) is 9.53 Å². The van der Waals surface area contributed by atoms with E-state index in [1.54, 1.807) is 0 Å². The summed E-state index contributed by atoms with van der Waals surface area (Å²) >= 11 is 3.89. The van der Waals surface area contributed by atoms with E-state index in [-0.39, 0.29) is 16.2 Å². The zero-order chi connectivity index (χ0) is 9.47. The number of carbonyl (C=O) groups is 1.